The molecule has 1 saturated heterocycles. The minimum atomic E-state index is -0.303. The molecule has 0 N–H and O–H groups in total. The first-order valence-corrected chi connectivity index (χ1v) is 7.65. The van der Waals surface area contributed by atoms with Crippen LogP contribution in [0.1, 0.15) is 23.3 Å². The zero-order valence-corrected chi connectivity index (χ0v) is 12.8. The van der Waals surface area contributed by atoms with Crippen molar-refractivity contribution in [3.05, 3.63) is 36.0 Å². The van der Waals surface area contributed by atoms with Gasteiger partial charge in [-0.3, -0.25) is 0 Å². The Kier molecular flexibility index (Phi) is 4.75. The van der Waals surface area contributed by atoms with Crippen LogP contribution in [0.15, 0.2) is 30.3 Å². The van der Waals surface area contributed by atoms with E-state index in [0.29, 0.717) is 25.5 Å². The van der Waals surface area contributed by atoms with Gasteiger partial charge in [-0.15, -0.1) is 0 Å². The number of para-hydroxylation sites is 1. The van der Waals surface area contributed by atoms with Crippen molar-refractivity contribution >= 4 is 16.9 Å². The van der Waals surface area contributed by atoms with Crippen molar-refractivity contribution < 1.29 is 19.0 Å². The maximum Gasteiger partial charge on any atom is 0.355 e. The highest BCUT2D eigenvalue weighted by atomic mass is 16.6. The van der Waals surface area contributed by atoms with Gasteiger partial charge in [-0.05, 0) is 25.0 Å². The van der Waals surface area contributed by atoms with Gasteiger partial charge in [0.1, 0.15) is 12.3 Å². The van der Waals surface area contributed by atoms with Gasteiger partial charge in [-0.25, -0.2) is 4.79 Å². The number of carbonyl (C=O) groups excluding carboxylic acids is 1. The Balaban J connectivity index is 1.79. The summed E-state index contributed by atoms with van der Waals surface area (Å²) in [5.74, 6) is -0.303. The van der Waals surface area contributed by atoms with Crippen molar-refractivity contribution in [2.24, 2.45) is 0 Å². The Bertz CT molecular complexity index is 643. The third kappa shape index (κ3) is 3.15. The second-order valence-corrected chi connectivity index (χ2v) is 5.47. The summed E-state index contributed by atoms with van der Waals surface area (Å²) < 4.78 is 18.0. The van der Waals surface area contributed by atoms with Gasteiger partial charge in [0.15, 0.2) is 0 Å². The lowest BCUT2D eigenvalue weighted by Crippen LogP contribution is -2.20. The highest BCUT2D eigenvalue weighted by molar-refractivity contribution is 5.95. The van der Waals surface area contributed by atoms with Crippen LogP contribution in [0.5, 0.6) is 0 Å². The van der Waals surface area contributed by atoms with Gasteiger partial charge in [0.05, 0.1) is 12.7 Å². The maximum atomic E-state index is 12.4. The average molecular weight is 303 g/mol. The Morgan fingerprint density at radius 2 is 2.27 bits per heavy atom. The van der Waals surface area contributed by atoms with Crippen LogP contribution in [-0.2, 0) is 20.8 Å². The molecule has 1 aromatic heterocycles. The molecule has 1 atom stereocenters. The average Bonchev–Trinajstić information content (AvgIpc) is 3.18. The Morgan fingerprint density at radius 1 is 1.41 bits per heavy atom. The van der Waals surface area contributed by atoms with Gasteiger partial charge < -0.3 is 18.8 Å². The van der Waals surface area contributed by atoms with Crippen molar-refractivity contribution in [1.82, 2.24) is 4.57 Å². The lowest BCUT2D eigenvalue weighted by Gasteiger charge is -2.12. The summed E-state index contributed by atoms with van der Waals surface area (Å²) in [5.41, 5.74) is 1.58. The number of methoxy groups -OCH3 is 1. The zero-order chi connectivity index (χ0) is 15.4. The van der Waals surface area contributed by atoms with Gasteiger partial charge in [-0.1, -0.05) is 18.2 Å². The third-order valence-corrected chi connectivity index (χ3v) is 3.96. The van der Waals surface area contributed by atoms with Crippen LogP contribution in [0.2, 0.25) is 0 Å². The van der Waals surface area contributed by atoms with Crippen LogP contribution in [0.25, 0.3) is 10.9 Å². The zero-order valence-electron chi connectivity index (χ0n) is 12.8. The molecule has 1 fully saturated rings. The molecule has 5 nitrogen and oxygen atoms in total. The minimum absolute atomic E-state index is 0.0424. The largest absolute Gasteiger partial charge is 0.458 e. The minimum Gasteiger partial charge on any atom is -0.458 e. The van der Waals surface area contributed by atoms with Gasteiger partial charge >= 0.3 is 5.97 Å². The van der Waals surface area contributed by atoms with Crippen molar-refractivity contribution in [2.75, 3.05) is 26.9 Å². The van der Waals surface area contributed by atoms with E-state index in [4.69, 9.17) is 14.2 Å². The number of benzene rings is 1. The van der Waals surface area contributed by atoms with E-state index < -0.39 is 0 Å². The molecule has 3 rings (SSSR count). The van der Waals surface area contributed by atoms with E-state index in [-0.39, 0.29) is 12.1 Å². The molecule has 0 aliphatic carbocycles. The van der Waals surface area contributed by atoms with Crippen LogP contribution in [0.4, 0.5) is 0 Å². The van der Waals surface area contributed by atoms with E-state index in [0.717, 1.165) is 30.4 Å². The van der Waals surface area contributed by atoms with Crippen LogP contribution in [-0.4, -0.2) is 43.6 Å². The quantitative estimate of drug-likeness (QED) is 0.770. The molecule has 118 valence electrons. The van der Waals surface area contributed by atoms with E-state index in [1.54, 1.807) is 7.11 Å². The van der Waals surface area contributed by atoms with Gasteiger partial charge in [0, 0.05) is 31.2 Å². The Hall–Kier alpha value is -1.85. The van der Waals surface area contributed by atoms with Crippen molar-refractivity contribution in [1.29, 1.82) is 0 Å². The first-order valence-electron chi connectivity index (χ1n) is 7.65. The molecule has 1 unspecified atom stereocenters. The SMILES string of the molecule is COCCn1c(C(=O)OCC2CCCO2)cc2ccccc21. The molecule has 0 bridgehead atoms. The summed E-state index contributed by atoms with van der Waals surface area (Å²) in [5, 5.41) is 1.03. The molecule has 0 spiro atoms. The number of ether oxygens (including phenoxy) is 3. The second-order valence-electron chi connectivity index (χ2n) is 5.47. The summed E-state index contributed by atoms with van der Waals surface area (Å²) in [6.07, 6.45) is 2.04. The molecule has 22 heavy (non-hydrogen) atoms. The number of esters is 1. The number of aromatic nitrogens is 1. The second kappa shape index (κ2) is 6.94. The summed E-state index contributed by atoms with van der Waals surface area (Å²) >= 11 is 0. The van der Waals surface area contributed by atoms with Crippen molar-refractivity contribution in [2.45, 2.75) is 25.5 Å². The van der Waals surface area contributed by atoms with Crippen molar-refractivity contribution in [3.8, 4) is 0 Å². The molecule has 1 aliphatic heterocycles. The molecular weight excluding hydrogens is 282 g/mol. The van der Waals surface area contributed by atoms with Crippen LogP contribution in [0.3, 0.4) is 0 Å². The fraction of sp³-hybridized carbons (Fsp3) is 0.471. The molecule has 2 aromatic rings. The molecule has 5 heteroatoms. The molecule has 2 heterocycles. The summed E-state index contributed by atoms with van der Waals surface area (Å²) in [7, 11) is 1.65. The fourth-order valence-corrected chi connectivity index (χ4v) is 2.82. The van der Waals surface area contributed by atoms with Crippen LogP contribution < -0.4 is 0 Å². The van der Waals surface area contributed by atoms with E-state index in [9.17, 15) is 4.79 Å². The molecule has 0 radical (unpaired) electrons. The number of rotatable bonds is 6. The number of nitrogens with zero attached hydrogens (tertiary/aromatic N) is 1. The van der Waals surface area contributed by atoms with Crippen molar-refractivity contribution in [3.63, 3.8) is 0 Å². The Labute approximate surface area is 129 Å². The Morgan fingerprint density at radius 3 is 3.05 bits per heavy atom. The van der Waals surface area contributed by atoms with Gasteiger partial charge in [0.25, 0.3) is 0 Å². The third-order valence-electron chi connectivity index (χ3n) is 3.96. The highest BCUT2D eigenvalue weighted by Gasteiger charge is 2.21. The molecule has 1 aromatic carbocycles. The van der Waals surface area contributed by atoms with E-state index in [1.165, 1.54) is 0 Å². The highest BCUT2D eigenvalue weighted by Crippen LogP contribution is 2.21. The summed E-state index contributed by atoms with van der Waals surface area (Å²) in [6, 6.07) is 9.80. The van der Waals surface area contributed by atoms with Gasteiger partial charge in [0.2, 0.25) is 0 Å². The number of fused-ring (bicyclic) bond motifs is 1. The first kappa shape index (κ1) is 15.1. The van der Waals surface area contributed by atoms with E-state index >= 15 is 0 Å². The predicted octanol–water partition coefficient (Wildman–Crippen LogP) is 2.62. The molecular formula is C17H21NO4. The van der Waals surface area contributed by atoms with Gasteiger partial charge in [-0.2, -0.15) is 0 Å². The lowest BCUT2D eigenvalue weighted by atomic mass is 10.2. The summed E-state index contributed by atoms with van der Waals surface area (Å²) in [6.45, 7) is 2.25. The topological polar surface area (TPSA) is 49.7 Å². The monoisotopic (exact) mass is 303 g/mol. The lowest BCUT2D eigenvalue weighted by molar-refractivity contribution is 0.0152. The first-order chi connectivity index (χ1) is 10.8. The fourth-order valence-electron chi connectivity index (χ4n) is 2.82. The standard InChI is InChI=1S/C17H21NO4/c1-20-10-8-18-15-7-3-2-5-13(15)11-16(18)17(19)22-12-14-6-4-9-21-14/h2-3,5,7,11,14H,4,6,8-10,12H2,1H3. The number of hydrogen-bond acceptors (Lipinski definition) is 4. The maximum absolute atomic E-state index is 12.4. The molecule has 0 saturated carbocycles. The van der Waals surface area contributed by atoms with Crippen LogP contribution >= 0.6 is 0 Å². The summed E-state index contributed by atoms with van der Waals surface area (Å²) in [4.78, 5) is 12.4. The number of carbonyl (C=O) groups is 1. The molecule has 1 aliphatic rings. The molecule has 0 amide bonds. The number of hydrogen-bond donors (Lipinski definition) is 0. The van der Waals surface area contributed by atoms with E-state index in [1.807, 2.05) is 34.9 Å². The van der Waals surface area contributed by atoms with E-state index in [2.05, 4.69) is 0 Å². The normalized spacial score (nSPS) is 18.0. The van der Waals surface area contributed by atoms with Crippen LogP contribution in [0, 0.1) is 0 Å². The smallest absolute Gasteiger partial charge is 0.355 e. The predicted molar refractivity (Wildman–Crippen MR) is 83.1 cm³/mol.